The number of alkyl halides is 3. The maximum absolute atomic E-state index is 15.0. The summed E-state index contributed by atoms with van der Waals surface area (Å²) >= 11 is 0. The molecule has 15 nitrogen and oxygen atoms in total. The van der Waals surface area contributed by atoms with Crippen molar-refractivity contribution in [3.63, 3.8) is 0 Å². The van der Waals surface area contributed by atoms with Crippen molar-refractivity contribution in [3.8, 4) is 11.5 Å². The van der Waals surface area contributed by atoms with Gasteiger partial charge in [0, 0.05) is 86.0 Å². The molecule has 2 heterocycles. The van der Waals surface area contributed by atoms with Gasteiger partial charge in [-0.05, 0) is 73.8 Å². The van der Waals surface area contributed by atoms with E-state index < -0.39 is 36.0 Å². The Labute approximate surface area is 392 Å². The van der Waals surface area contributed by atoms with Gasteiger partial charge in [-0.2, -0.15) is 13.2 Å². The standard InChI is InChI=1S/C25H28F4N4O4.C23H29FN4O3/c1-3-31-10-12-32(13-11-31)24(36)33(19-6-8-20(37-2)9-7-19)16-18-5-4-17(14-21(18)26)22(34)15-30-23(35)25(27,28)29;1-3-26-10-12-27(13-11-26)23(30)28(19-6-8-20(31-2)9-7-19)16-18-5-4-17(14-21(18)24)22(29)15-25/h4-9,14H,3,10-13,15-16H2,1-2H3,(H,30,35);4-9,14H,3,10-13,15-16,25H2,1-2H3. The number of nitrogens with zero attached hydrogens (tertiary/aromatic N) is 6. The SMILES string of the molecule is CCN1CCN(C(=O)N(Cc2ccc(C(=O)CN)cc2F)c2ccc(OC)cc2)CC1.CCN1CCN(C(=O)N(Cc2ccc(C(=O)CNC(=O)C(F)(F)F)cc2F)c2ccc(OC)cc2)CC1. The van der Waals surface area contributed by atoms with Crippen LogP contribution in [-0.4, -0.2) is 148 Å². The number of Topliss-reactive ketones (excluding diaryl/α,β-unsaturated/α-hetero) is 2. The number of amides is 5. The Hall–Kier alpha value is -6.64. The second-order valence-corrected chi connectivity index (χ2v) is 15.8. The molecular weight excluding hydrogens is 896 g/mol. The van der Waals surface area contributed by atoms with Gasteiger partial charge in [-0.1, -0.05) is 38.1 Å². The second-order valence-electron chi connectivity index (χ2n) is 15.8. The van der Waals surface area contributed by atoms with E-state index in [4.69, 9.17) is 15.2 Å². The van der Waals surface area contributed by atoms with Crippen LogP contribution in [0, 0.1) is 11.6 Å². The molecule has 0 atom stereocenters. The highest BCUT2D eigenvalue weighted by molar-refractivity contribution is 6.00. The predicted octanol–water partition coefficient (Wildman–Crippen LogP) is 6.20. The normalized spacial score (nSPS) is 14.3. The molecule has 0 unspecified atom stereocenters. The van der Waals surface area contributed by atoms with Gasteiger partial charge in [0.25, 0.3) is 0 Å². The van der Waals surface area contributed by atoms with E-state index in [-0.39, 0.29) is 54.2 Å². The van der Waals surface area contributed by atoms with E-state index in [9.17, 15) is 45.9 Å². The lowest BCUT2D eigenvalue weighted by Gasteiger charge is -2.37. The molecular formula is C48H57F5N8O7. The minimum atomic E-state index is -5.13. The zero-order chi connectivity index (χ0) is 49.5. The third kappa shape index (κ3) is 14.0. The summed E-state index contributed by atoms with van der Waals surface area (Å²) in [4.78, 5) is 72.7. The van der Waals surface area contributed by atoms with E-state index in [2.05, 4.69) is 16.7 Å². The molecule has 2 aliphatic rings. The van der Waals surface area contributed by atoms with E-state index in [1.165, 1.54) is 41.6 Å². The monoisotopic (exact) mass is 952 g/mol. The number of nitrogens with two attached hydrogens (primary N) is 1. The van der Waals surface area contributed by atoms with Crippen LogP contribution in [0.15, 0.2) is 84.9 Å². The van der Waals surface area contributed by atoms with Crippen molar-refractivity contribution in [1.82, 2.24) is 24.9 Å². The highest BCUT2D eigenvalue weighted by Gasteiger charge is 2.38. The Bertz CT molecular complexity index is 2360. The van der Waals surface area contributed by atoms with Crippen LogP contribution in [0.3, 0.4) is 0 Å². The van der Waals surface area contributed by atoms with Gasteiger partial charge >= 0.3 is 24.1 Å². The van der Waals surface area contributed by atoms with Crippen LogP contribution in [0.1, 0.15) is 45.7 Å². The van der Waals surface area contributed by atoms with Gasteiger partial charge in [-0.3, -0.25) is 24.2 Å². The van der Waals surface area contributed by atoms with E-state index in [1.807, 2.05) is 6.92 Å². The van der Waals surface area contributed by atoms with Crippen molar-refractivity contribution >= 4 is 40.9 Å². The number of carbonyl (C=O) groups is 5. The summed E-state index contributed by atoms with van der Waals surface area (Å²) in [7, 11) is 3.09. The number of rotatable bonds is 15. The fourth-order valence-electron chi connectivity index (χ4n) is 7.43. The number of hydrogen-bond acceptors (Lipinski definition) is 10. The summed E-state index contributed by atoms with van der Waals surface area (Å²) in [6.45, 7) is 10.1. The number of carbonyl (C=O) groups excluding carboxylic acids is 5. The highest BCUT2D eigenvalue weighted by Crippen LogP contribution is 2.27. The lowest BCUT2D eigenvalue weighted by Crippen LogP contribution is -2.52. The Balaban J connectivity index is 0.000000258. The fourth-order valence-corrected chi connectivity index (χ4v) is 7.43. The van der Waals surface area contributed by atoms with Crippen LogP contribution in [0.4, 0.5) is 42.9 Å². The lowest BCUT2D eigenvalue weighted by atomic mass is 10.1. The van der Waals surface area contributed by atoms with E-state index in [1.54, 1.807) is 76.4 Å². The highest BCUT2D eigenvalue weighted by atomic mass is 19.4. The Kier molecular flexibility index (Phi) is 18.8. The Morgan fingerprint density at radius 2 is 0.985 bits per heavy atom. The third-order valence-corrected chi connectivity index (χ3v) is 11.7. The van der Waals surface area contributed by atoms with Crippen LogP contribution >= 0.6 is 0 Å². The first kappa shape index (κ1) is 52.3. The van der Waals surface area contributed by atoms with Crippen LogP contribution in [0.25, 0.3) is 0 Å². The van der Waals surface area contributed by atoms with Crippen molar-refractivity contribution in [3.05, 3.63) is 119 Å². The number of nitrogens with one attached hydrogen (secondary N) is 1. The van der Waals surface area contributed by atoms with Crippen LogP contribution < -0.4 is 30.3 Å². The zero-order valence-corrected chi connectivity index (χ0v) is 38.5. The van der Waals surface area contributed by atoms with Gasteiger partial charge in [-0.25, -0.2) is 18.4 Å². The molecule has 0 aromatic heterocycles. The molecule has 0 radical (unpaired) electrons. The van der Waals surface area contributed by atoms with E-state index in [0.717, 1.165) is 45.3 Å². The molecule has 2 aliphatic heterocycles. The van der Waals surface area contributed by atoms with Gasteiger partial charge in [0.1, 0.15) is 23.1 Å². The maximum atomic E-state index is 15.0. The van der Waals surface area contributed by atoms with Crippen molar-refractivity contribution < 1.29 is 55.4 Å². The number of anilines is 2. The summed E-state index contributed by atoms with van der Waals surface area (Å²) in [5, 5.41) is 1.47. The molecule has 6 rings (SSSR count). The first-order valence-electron chi connectivity index (χ1n) is 22.0. The van der Waals surface area contributed by atoms with Gasteiger partial charge in [0.05, 0.1) is 40.4 Å². The molecule has 68 heavy (non-hydrogen) atoms. The van der Waals surface area contributed by atoms with Crippen LogP contribution in [-0.2, 0) is 17.9 Å². The molecule has 2 saturated heterocycles. The molecule has 3 N–H and O–H groups in total. The van der Waals surface area contributed by atoms with Gasteiger partial charge in [0.2, 0.25) is 0 Å². The quantitative estimate of drug-likeness (QED) is 0.104. The number of hydrogen-bond donors (Lipinski definition) is 2. The number of halogens is 5. The average Bonchev–Trinajstić information content (AvgIpc) is 3.36. The number of urea groups is 2. The molecule has 0 bridgehead atoms. The maximum Gasteiger partial charge on any atom is 0.471 e. The summed E-state index contributed by atoms with van der Waals surface area (Å²) in [6, 6.07) is 21.0. The minimum Gasteiger partial charge on any atom is -0.497 e. The number of piperazine rings is 2. The molecule has 0 saturated carbocycles. The molecule has 0 spiro atoms. The number of methoxy groups -OCH3 is 2. The van der Waals surface area contributed by atoms with Crippen molar-refractivity contribution in [2.24, 2.45) is 5.73 Å². The fraction of sp³-hybridized carbons (Fsp3) is 0.396. The molecule has 20 heteroatoms. The first-order valence-corrected chi connectivity index (χ1v) is 22.0. The van der Waals surface area contributed by atoms with Gasteiger partial charge in [0.15, 0.2) is 11.6 Å². The smallest absolute Gasteiger partial charge is 0.471 e. The summed E-state index contributed by atoms with van der Waals surface area (Å²) < 4.78 is 77.2. The van der Waals surface area contributed by atoms with Crippen LogP contribution in [0.2, 0.25) is 0 Å². The Morgan fingerprint density at radius 1 is 0.603 bits per heavy atom. The van der Waals surface area contributed by atoms with Crippen molar-refractivity contribution in [2.45, 2.75) is 33.1 Å². The summed E-state index contributed by atoms with van der Waals surface area (Å²) in [6.07, 6.45) is -5.13. The number of likely N-dealkylation sites (N-methyl/N-ethyl adjacent to an activating group) is 2. The number of ether oxygens (including phenoxy) is 2. The van der Waals surface area contributed by atoms with Crippen molar-refractivity contribution in [1.29, 1.82) is 0 Å². The second kappa shape index (κ2) is 24.4. The van der Waals surface area contributed by atoms with E-state index in [0.29, 0.717) is 54.6 Å². The van der Waals surface area contributed by atoms with E-state index >= 15 is 0 Å². The molecule has 366 valence electrons. The molecule has 4 aromatic carbocycles. The average molecular weight is 953 g/mol. The predicted molar refractivity (Wildman–Crippen MR) is 246 cm³/mol. The van der Waals surface area contributed by atoms with Gasteiger partial charge in [-0.15, -0.1) is 0 Å². The number of benzene rings is 4. The third-order valence-electron chi connectivity index (χ3n) is 11.7. The Morgan fingerprint density at radius 3 is 1.31 bits per heavy atom. The zero-order valence-electron chi connectivity index (χ0n) is 38.5. The lowest BCUT2D eigenvalue weighted by molar-refractivity contribution is -0.173. The topological polar surface area (TPSA) is 161 Å². The first-order chi connectivity index (χ1) is 32.5. The van der Waals surface area contributed by atoms with Crippen molar-refractivity contribution in [2.75, 3.05) is 103 Å². The molecule has 5 amide bonds. The molecule has 4 aromatic rings. The minimum absolute atomic E-state index is 0.0437. The van der Waals surface area contributed by atoms with Gasteiger partial charge < -0.3 is 40.1 Å². The van der Waals surface area contributed by atoms with Crippen LogP contribution in [0.5, 0.6) is 11.5 Å². The summed E-state index contributed by atoms with van der Waals surface area (Å²) in [5.41, 5.74) is 6.97. The largest absolute Gasteiger partial charge is 0.497 e. The number of ketones is 2. The molecule has 2 fully saturated rings. The summed E-state index contributed by atoms with van der Waals surface area (Å²) in [5.74, 6) is -3.58. The molecule has 0 aliphatic carbocycles.